The van der Waals surface area contributed by atoms with E-state index in [9.17, 15) is 4.79 Å². The van der Waals surface area contributed by atoms with Crippen LogP contribution in [0.25, 0.3) is 0 Å². The fraction of sp³-hybridized carbons (Fsp3) is 0.462. The van der Waals surface area contributed by atoms with Crippen LogP contribution in [-0.2, 0) is 16.0 Å². The fourth-order valence-corrected chi connectivity index (χ4v) is 2.41. The van der Waals surface area contributed by atoms with Crippen molar-refractivity contribution in [1.29, 1.82) is 0 Å². The normalized spacial score (nSPS) is 20.7. The van der Waals surface area contributed by atoms with Crippen molar-refractivity contribution in [2.45, 2.75) is 25.3 Å². The summed E-state index contributed by atoms with van der Waals surface area (Å²) < 4.78 is 5.32. The van der Waals surface area contributed by atoms with Gasteiger partial charge in [0.1, 0.15) is 0 Å². The van der Waals surface area contributed by atoms with Gasteiger partial charge in [0.25, 0.3) is 0 Å². The quantitative estimate of drug-likeness (QED) is 0.834. The van der Waals surface area contributed by atoms with Crippen molar-refractivity contribution >= 4 is 11.6 Å². The molecule has 1 amide bonds. The first kappa shape index (κ1) is 10.7. The Morgan fingerprint density at radius 1 is 1.24 bits per heavy atom. The molecule has 4 nitrogen and oxygen atoms in total. The van der Waals surface area contributed by atoms with Crippen LogP contribution in [0.5, 0.6) is 0 Å². The highest BCUT2D eigenvalue weighted by molar-refractivity contribution is 6.00. The number of rotatable bonds is 2. The van der Waals surface area contributed by atoms with Crippen molar-refractivity contribution in [2.75, 3.05) is 18.2 Å². The van der Waals surface area contributed by atoms with Gasteiger partial charge in [0.2, 0.25) is 5.91 Å². The molecule has 2 heterocycles. The summed E-state index contributed by atoms with van der Waals surface area (Å²) in [5, 5.41) is 1.71. The minimum atomic E-state index is 0.137. The number of amides is 1. The van der Waals surface area contributed by atoms with Crippen LogP contribution in [0, 0.1) is 0 Å². The van der Waals surface area contributed by atoms with E-state index >= 15 is 0 Å². The Morgan fingerprint density at radius 2 is 2.00 bits per heavy atom. The van der Waals surface area contributed by atoms with Crippen LogP contribution in [0.2, 0.25) is 0 Å². The summed E-state index contributed by atoms with van der Waals surface area (Å²) >= 11 is 0. The number of hydrazine groups is 1. The van der Waals surface area contributed by atoms with Crippen LogP contribution in [-0.4, -0.2) is 25.2 Å². The number of nitrogens with one attached hydrogen (secondary N) is 1. The Balaban J connectivity index is 1.76. The zero-order chi connectivity index (χ0) is 11.7. The highest BCUT2D eigenvalue weighted by atomic mass is 16.5. The SMILES string of the molecule is O=C1Cc2ccccc2N1NC1CCOCC1. The maximum Gasteiger partial charge on any atom is 0.245 e. The van der Waals surface area contributed by atoms with E-state index in [0.29, 0.717) is 12.5 Å². The van der Waals surface area contributed by atoms with Gasteiger partial charge in [-0.3, -0.25) is 4.79 Å². The van der Waals surface area contributed by atoms with Gasteiger partial charge in [-0.05, 0) is 24.5 Å². The Labute approximate surface area is 101 Å². The molecule has 1 saturated heterocycles. The molecule has 0 radical (unpaired) electrons. The number of carbonyl (C=O) groups is 1. The van der Waals surface area contributed by atoms with Crippen LogP contribution in [0.4, 0.5) is 5.69 Å². The average Bonchev–Trinajstić information content (AvgIpc) is 2.68. The molecule has 1 aromatic carbocycles. The zero-order valence-corrected chi connectivity index (χ0v) is 9.69. The van der Waals surface area contributed by atoms with Gasteiger partial charge < -0.3 is 4.74 Å². The molecule has 4 heteroatoms. The second-order valence-electron chi connectivity index (χ2n) is 4.55. The first-order chi connectivity index (χ1) is 8.34. The molecular formula is C13H16N2O2. The van der Waals surface area contributed by atoms with Crippen molar-refractivity contribution in [2.24, 2.45) is 0 Å². The van der Waals surface area contributed by atoms with Crippen molar-refractivity contribution in [3.8, 4) is 0 Å². The van der Waals surface area contributed by atoms with E-state index in [0.717, 1.165) is 37.3 Å². The van der Waals surface area contributed by atoms with E-state index in [2.05, 4.69) is 5.43 Å². The lowest BCUT2D eigenvalue weighted by Gasteiger charge is -2.28. The van der Waals surface area contributed by atoms with Gasteiger partial charge in [-0.15, -0.1) is 0 Å². The highest BCUT2D eigenvalue weighted by Crippen LogP contribution is 2.27. The third kappa shape index (κ3) is 2.06. The molecule has 0 atom stereocenters. The smallest absolute Gasteiger partial charge is 0.245 e. The van der Waals surface area contributed by atoms with Crippen molar-refractivity contribution in [3.63, 3.8) is 0 Å². The van der Waals surface area contributed by atoms with Crippen LogP contribution < -0.4 is 10.4 Å². The lowest BCUT2D eigenvalue weighted by atomic mass is 10.1. The van der Waals surface area contributed by atoms with E-state index in [1.807, 2.05) is 24.3 Å². The largest absolute Gasteiger partial charge is 0.381 e. The summed E-state index contributed by atoms with van der Waals surface area (Å²) in [5.74, 6) is 0.137. The number of ether oxygens (including phenoxy) is 1. The van der Waals surface area contributed by atoms with Crippen LogP contribution in [0.15, 0.2) is 24.3 Å². The van der Waals surface area contributed by atoms with Gasteiger partial charge in [-0.1, -0.05) is 18.2 Å². The number of para-hydroxylation sites is 1. The van der Waals surface area contributed by atoms with E-state index in [-0.39, 0.29) is 5.91 Å². The fourth-order valence-electron chi connectivity index (χ4n) is 2.41. The van der Waals surface area contributed by atoms with Gasteiger partial charge in [0.05, 0.1) is 12.1 Å². The van der Waals surface area contributed by atoms with E-state index in [1.54, 1.807) is 5.01 Å². The van der Waals surface area contributed by atoms with Crippen molar-refractivity contribution in [3.05, 3.63) is 29.8 Å². The predicted molar refractivity (Wildman–Crippen MR) is 64.6 cm³/mol. The molecule has 0 bridgehead atoms. The van der Waals surface area contributed by atoms with Gasteiger partial charge >= 0.3 is 0 Å². The van der Waals surface area contributed by atoms with Gasteiger partial charge in [-0.25, -0.2) is 10.4 Å². The number of nitrogens with zero attached hydrogens (tertiary/aromatic N) is 1. The molecule has 2 aliphatic heterocycles. The number of carbonyl (C=O) groups excluding carboxylic acids is 1. The van der Waals surface area contributed by atoms with Crippen LogP contribution in [0.1, 0.15) is 18.4 Å². The molecule has 0 aliphatic carbocycles. The summed E-state index contributed by atoms with van der Waals surface area (Å²) in [5.41, 5.74) is 5.44. The Morgan fingerprint density at radius 3 is 2.82 bits per heavy atom. The van der Waals surface area contributed by atoms with Crippen LogP contribution in [0.3, 0.4) is 0 Å². The van der Waals surface area contributed by atoms with E-state index in [4.69, 9.17) is 4.74 Å². The topological polar surface area (TPSA) is 41.6 Å². The number of anilines is 1. The van der Waals surface area contributed by atoms with E-state index in [1.165, 1.54) is 0 Å². The van der Waals surface area contributed by atoms with Gasteiger partial charge in [-0.2, -0.15) is 0 Å². The summed E-state index contributed by atoms with van der Waals surface area (Å²) in [6, 6.07) is 8.30. The van der Waals surface area contributed by atoms with Crippen molar-refractivity contribution < 1.29 is 9.53 Å². The number of fused-ring (bicyclic) bond motifs is 1. The predicted octanol–water partition coefficient (Wildman–Crippen LogP) is 1.26. The Hall–Kier alpha value is -1.39. The van der Waals surface area contributed by atoms with Crippen molar-refractivity contribution in [1.82, 2.24) is 5.43 Å². The standard InChI is InChI=1S/C13H16N2O2/c16-13-9-10-3-1-2-4-12(10)15(13)14-11-5-7-17-8-6-11/h1-4,11,14H,5-9H2. The van der Waals surface area contributed by atoms with E-state index < -0.39 is 0 Å². The molecule has 0 spiro atoms. The molecule has 3 rings (SSSR count). The number of hydrogen-bond donors (Lipinski definition) is 1. The minimum Gasteiger partial charge on any atom is -0.381 e. The van der Waals surface area contributed by atoms with Gasteiger partial charge in [0, 0.05) is 19.3 Å². The molecule has 1 aromatic rings. The zero-order valence-electron chi connectivity index (χ0n) is 9.69. The summed E-state index contributed by atoms with van der Waals surface area (Å²) in [4.78, 5) is 11.9. The summed E-state index contributed by atoms with van der Waals surface area (Å²) in [7, 11) is 0. The lowest BCUT2D eigenvalue weighted by molar-refractivity contribution is -0.118. The summed E-state index contributed by atoms with van der Waals surface area (Å²) in [6.45, 7) is 1.56. The third-order valence-corrected chi connectivity index (χ3v) is 3.36. The Kier molecular flexibility index (Phi) is 2.82. The maximum absolute atomic E-state index is 11.9. The molecule has 1 fully saturated rings. The lowest BCUT2D eigenvalue weighted by Crippen LogP contribution is -2.48. The molecule has 90 valence electrons. The molecule has 0 saturated carbocycles. The average molecular weight is 232 g/mol. The number of hydrogen-bond acceptors (Lipinski definition) is 3. The number of benzene rings is 1. The molecule has 17 heavy (non-hydrogen) atoms. The third-order valence-electron chi connectivity index (χ3n) is 3.36. The first-order valence-corrected chi connectivity index (χ1v) is 6.09. The second kappa shape index (κ2) is 4.47. The second-order valence-corrected chi connectivity index (χ2v) is 4.55. The van der Waals surface area contributed by atoms with Gasteiger partial charge in [0.15, 0.2) is 0 Å². The first-order valence-electron chi connectivity index (χ1n) is 6.09. The molecular weight excluding hydrogens is 216 g/mol. The monoisotopic (exact) mass is 232 g/mol. The molecule has 0 aromatic heterocycles. The molecule has 1 N–H and O–H groups in total. The minimum absolute atomic E-state index is 0.137. The Bertz CT molecular complexity index is 427. The maximum atomic E-state index is 11.9. The molecule has 2 aliphatic rings. The molecule has 0 unspecified atom stereocenters. The summed E-state index contributed by atoms with van der Waals surface area (Å²) in [6.07, 6.45) is 2.43. The van der Waals surface area contributed by atoms with Crippen LogP contribution >= 0.6 is 0 Å². The highest BCUT2D eigenvalue weighted by Gasteiger charge is 2.29.